The molecule has 86 valence electrons. The van der Waals surface area contributed by atoms with Gasteiger partial charge in [-0.05, 0) is 30.5 Å². The lowest BCUT2D eigenvalue weighted by Gasteiger charge is -2.17. The third-order valence-corrected chi connectivity index (χ3v) is 3.52. The van der Waals surface area contributed by atoms with E-state index in [-0.39, 0.29) is 6.04 Å². The minimum atomic E-state index is 0.271. The Morgan fingerprint density at radius 3 is 2.94 bits per heavy atom. The van der Waals surface area contributed by atoms with Crippen LogP contribution in [0, 0.1) is 0 Å². The zero-order valence-electron chi connectivity index (χ0n) is 9.68. The molecule has 2 aromatic rings. The number of hydrogen-bond donors (Lipinski definition) is 1. The van der Waals surface area contributed by atoms with Crippen molar-refractivity contribution in [3.05, 3.63) is 40.3 Å². The van der Waals surface area contributed by atoms with Gasteiger partial charge in [0.25, 0.3) is 0 Å². The van der Waals surface area contributed by atoms with Gasteiger partial charge in [0, 0.05) is 18.1 Å². The summed E-state index contributed by atoms with van der Waals surface area (Å²) < 4.78 is 1.94. The number of aromatic nitrogens is 2. The number of thiophene rings is 1. The second-order valence-electron chi connectivity index (χ2n) is 3.78. The molecule has 2 aromatic heterocycles. The van der Waals surface area contributed by atoms with Crippen LogP contribution in [-0.4, -0.2) is 16.3 Å². The Hall–Kier alpha value is -1.13. The van der Waals surface area contributed by atoms with Gasteiger partial charge in [0.15, 0.2) is 0 Å². The number of rotatable bonds is 5. The van der Waals surface area contributed by atoms with Crippen molar-refractivity contribution in [3.8, 4) is 0 Å². The van der Waals surface area contributed by atoms with Crippen LogP contribution in [-0.2, 0) is 7.05 Å². The number of nitrogens with one attached hydrogen (secondary N) is 1. The molecule has 0 radical (unpaired) electrons. The van der Waals surface area contributed by atoms with Crippen LogP contribution in [0.4, 0.5) is 0 Å². The third-order valence-electron chi connectivity index (χ3n) is 2.58. The molecule has 2 heterocycles. The molecule has 0 bridgehead atoms. The molecule has 0 saturated carbocycles. The van der Waals surface area contributed by atoms with Gasteiger partial charge < -0.3 is 5.32 Å². The molecule has 0 fully saturated rings. The molecule has 0 amide bonds. The van der Waals surface area contributed by atoms with Gasteiger partial charge in [-0.25, -0.2) is 0 Å². The summed E-state index contributed by atoms with van der Waals surface area (Å²) in [4.78, 5) is 1.34. The van der Waals surface area contributed by atoms with E-state index in [1.165, 1.54) is 10.6 Å². The van der Waals surface area contributed by atoms with Crippen molar-refractivity contribution in [1.29, 1.82) is 0 Å². The zero-order chi connectivity index (χ0) is 11.4. The maximum absolute atomic E-state index is 4.24. The molecule has 0 aliphatic rings. The van der Waals surface area contributed by atoms with Crippen LogP contribution in [0.1, 0.15) is 30.0 Å². The summed E-state index contributed by atoms with van der Waals surface area (Å²) in [6.07, 6.45) is 2.99. The highest BCUT2D eigenvalue weighted by Crippen LogP contribution is 2.25. The average Bonchev–Trinajstić information content (AvgIpc) is 2.91. The monoisotopic (exact) mass is 235 g/mol. The molecule has 1 N–H and O–H groups in total. The van der Waals surface area contributed by atoms with E-state index in [9.17, 15) is 0 Å². The molecule has 0 aliphatic carbocycles. The Kier molecular flexibility index (Phi) is 3.74. The maximum atomic E-state index is 4.24. The van der Waals surface area contributed by atoms with E-state index in [0.717, 1.165) is 13.0 Å². The van der Waals surface area contributed by atoms with Crippen molar-refractivity contribution in [2.24, 2.45) is 7.05 Å². The topological polar surface area (TPSA) is 29.9 Å². The van der Waals surface area contributed by atoms with Gasteiger partial charge in [-0.15, -0.1) is 11.3 Å². The molecule has 1 atom stereocenters. The van der Waals surface area contributed by atoms with Crippen molar-refractivity contribution < 1.29 is 0 Å². The first kappa shape index (κ1) is 11.4. The van der Waals surface area contributed by atoms with Gasteiger partial charge in [0.1, 0.15) is 0 Å². The first-order chi connectivity index (χ1) is 7.83. The standard InChI is InChI=1S/C12H17N3S/c1-3-7-13-12(11-5-4-9-16-11)10-6-8-14-15(10)2/h4-6,8-9,12-13H,3,7H2,1-2H3. The largest absolute Gasteiger partial charge is 0.304 e. The first-order valence-corrected chi connectivity index (χ1v) is 6.45. The fourth-order valence-electron chi connectivity index (χ4n) is 1.76. The zero-order valence-corrected chi connectivity index (χ0v) is 10.5. The van der Waals surface area contributed by atoms with E-state index in [4.69, 9.17) is 0 Å². The Morgan fingerprint density at radius 1 is 1.50 bits per heavy atom. The summed E-state index contributed by atoms with van der Waals surface area (Å²) in [5, 5.41) is 9.92. The summed E-state index contributed by atoms with van der Waals surface area (Å²) in [6.45, 7) is 3.20. The molecule has 0 aromatic carbocycles. The molecular weight excluding hydrogens is 218 g/mol. The minimum absolute atomic E-state index is 0.271. The van der Waals surface area contributed by atoms with Crippen LogP contribution < -0.4 is 5.32 Å². The van der Waals surface area contributed by atoms with Crippen molar-refractivity contribution in [2.45, 2.75) is 19.4 Å². The minimum Gasteiger partial charge on any atom is -0.304 e. The molecule has 4 heteroatoms. The van der Waals surface area contributed by atoms with Gasteiger partial charge >= 0.3 is 0 Å². The van der Waals surface area contributed by atoms with Gasteiger partial charge in [0.05, 0.1) is 11.7 Å². The third kappa shape index (κ3) is 2.33. The van der Waals surface area contributed by atoms with Gasteiger partial charge in [0.2, 0.25) is 0 Å². The molecule has 0 spiro atoms. The quantitative estimate of drug-likeness (QED) is 0.863. The van der Waals surface area contributed by atoms with Crippen LogP contribution in [0.15, 0.2) is 29.8 Å². The van der Waals surface area contributed by atoms with Crippen LogP contribution in [0.5, 0.6) is 0 Å². The van der Waals surface area contributed by atoms with E-state index in [1.807, 2.05) is 17.9 Å². The fraction of sp³-hybridized carbons (Fsp3) is 0.417. The van der Waals surface area contributed by atoms with Crippen LogP contribution in [0.3, 0.4) is 0 Å². The molecule has 0 aliphatic heterocycles. The second kappa shape index (κ2) is 5.27. The summed E-state index contributed by atoms with van der Waals surface area (Å²) in [6, 6.07) is 6.61. The fourth-order valence-corrected chi connectivity index (χ4v) is 2.57. The van der Waals surface area contributed by atoms with Crippen LogP contribution in [0.25, 0.3) is 0 Å². The van der Waals surface area contributed by atoms with Gasteiger partial charge in [-0.3, -0.25) is 4.68 Å². The molecule has 0 saturated heterocycles. The summed E-state index contributed by atoms with van der Waals surface area (Å²) >= 11 is 1.78. The number of aryl methyl sites for hydroxylation is 1. The Labute approximate surface area is 100 Å². The van der Waals surface area contributed by atoms with Crippen molar-refractivity contribution in [1.82, 2.24) is 15.1 Å². The summed E-state index contributed by atoms with van der Waals surface area (Å²) in [5.41, 5.74) is 1.22. The number of hydrogen-bond acceptors (Lipinski definition) is 3. The normalized spacial score (nSPS) is 12.9. The average molecular weight is 235 g/mol. The molecular formula is C12H17N3S. The summed E-state index contributed by atoms with van der Waals surface area (Å²) in [5.74, 6) is 0. The lowest BCUT2D eigenvalue weighted by molar-refractivity contribution is 0.560. The Balaban J connectivity index is 2.25. The Morgan fingerprint density at radius 2 is 2.38 bits per heavy atom. The van der Waals surface area contributed by atoms with E-state index < -0.39 is 0 Å². The first-order valence-electron chi connectivity index (χ1n) is 5.57. The van der Waals surface area contributed by atoms with E-state index >= 15 is 0 Å². The summed E-state index contributed by atoms with van der Waals surface area (Å²) in [7, 11) is 1.99. The van der Waals surface area contributed by atoms with Crippen LogP contribution >= 0.6 is 11.3 Å². The highest BCUT2D eigenvalue weighted by atomic mass is 32.1. The van der Waals surface area contributed by atoms with Crippen LogP contribution in [0.2, 0.25) is 0 Å². The van der Waals surface area contributed by atoms with Gasteiger partial charge in [-0.1, -0.05) is 13.0 Å². The predicted octanol–water partition coefficient (Wildman–Crippen LogP) is 2.57. The number of nitrogens with zero attached hydrogens (tertiary/aromatic N) is 2. The van der Waals surface area contributed by atoms with Gasteiger partial charge in [-0.2, -0.15) is 5.10 Å². The molecule has 2 rings (SSSR count). The van der Waals surface area contributed by atoms with E-state index in [2.05, 4.69) is 40.9 Å². The molecule has 3 nitrogen and oxygen atoms in total. The van der Waals surface area contributed by atoms with E-state index in [0.29, 0.717) is 0 Å². The smallest absolute Gasteiger partial charge is 0.0841 e. The maximum Gasteiger partial charge on any atom is 0.0841 e. The van der Waals surface area contributed by atoms with E-state index in [1.54, 1.807) is 11.3 Å². The Bertz CT molecular complexity index is 419. The molecule has 1 unspecified atom stereocenters. The van der Waals surface area contributed by atoms with Crippen molar-refractivity contribution >= 4 is 11.3 Å². The molecule has 16 heavy (non-hydrogen) atoms. The SMILES string of the molecule is CCCNC(c1cccs1)c1ccnn1C. The lowest BCUT2D eigenvalue weighted by Crippen LogP contribution is -2.24. The van der Waals surface area contributed by atoms with Crippen molar-refractivity contribution in [3.63, 3.8) is 0 Å². The van der Waals surface area contributed by atoms with Crippen molar-refractivity contribution in [2.75, 3.05) is 6.54 Å². The highest BCUT2D eigenvalue weighted by molar-refractivity contribution is 7.10. The predicted molar refractivity (Wildman–Crippen MR) is 67.7 cm³/mol. The lowest BCUT2D eigenvalue weighted by atomic mass is 10.1. The highest BCUT2D eigenvalue weighted by Gasteiger charge is 2.16. The second-order valence-corrected chi connectivity index (χ2v) is 4.76.